The number of carbonyl (C=O) groups is 3. The number of amides is 4. The van der Waals surface area contributed by atoms with Crippen LogP contribution >= 0.6 is 11.6 Å². The lowest BCUT2D eigenvalue weighted by atomic mass is 9.77. The second-order valence-electron chi connectivity index (χ2n) is 5.16. The number of rotatable bonds is 2. The monoisotopic (exact) mass is 284 g/mol. The predicted molar refractivity (Wildman–Crippen MR) is 70.4 cm³/mol. The molecule has 1 aliphatic carbocycles. The summed E-state index contributed by atoms with van der Waals surface area (Å²) in [7, 11) is 0. The lowest BCUT2D eigenvalue weighted by molar-refractivity contribution is -0.152. The lowest BCUT2D eigenvalue weighted by Gasteiger charge is -2.38. The average molecular weight is 285 g/mol. The Morgan fingerprint density at radius 3 is 2.32 bits per heavy atom. The molecule has 19 heavy (non-hydrogen) atoms. The Labute approximate surface area is 117 Å². The average Bonchev–Trinajstić information content (AvgIpc) is 2.59. The van der Waals surface area contributed by atoms with Gasteiger partial charge in [-0.15, -0.1) is 0 Å². The van der Waals surface area contributed by atoms with Gasteiger partial charge in [0.25, 0.3) is 0 Å². The van der Waals surface area contributed by atoms with Crippen molar-refractivity contribution in [3.8, 4) is 0 Å². The molecule has 104 valence electrons. The van der Waals surface area contributed by atoms with Gasteiger partial charge in [-0.1, -0.05) is 43.9 Å². The molecule has 1 aliphatic heterocycles. The first kappa shape index (κ1) is 14.1. The SMILES string of the molecule is C=C(Cl)CN1C(=O)NC(=O)C2(CCCCCC2)C1=O. The van der Waals surface area contributed by atoms with Crippen molar-refractivity contribution in [1.82, 2.24) is 10.2 Å². The highest BCUT2D eigenvalue weighted by Gasteiger charge is 2.53. The first-order chi connectivity index (χ1) is 8.97. The zero-order valence-corrected chi connectivity index (χ0v) is 11.5. The summed E-state index contributed by atoms with van der Waals surface area (Å²) < 4.78 is 0. The first-order valence-electron chi connectivity index (χ1n) is 6.48. The maximum absolute atomic E-state index is 12.6. The molecule has 0 aromatic rings. The fourth-order valence-corrected chi connectivity index (χ4v) is 2.94. The van der Waals surface area contributed by atoms with Crippen molar-refractivity contribution in [3.05, 3.63) is 11.6 Å². The van der Waals surface area contributed by atoms with E-state index in [-0.39, 0.29) is 11.6 Å². The Morgan fingerprint density at radius 1 is 1.21 bits per heavy atom. The molecule has 1 N–H and O–H groups in total. The zero-order valence-electron chi connectivity index (χ0n) is 10.7. The van der Waals surface area contributed by atoms with E-state index in [2.05, 4.69) is 11.9 Å². The molecule has 0 bridgehead atoms. The normalized spacial score (nSPS) is 23.2. The molecule has 1 spiro atoms. The van der Waals surface area contributed by atoms with Gasteiger partial charge >= 0.3 is 6.03 Å². The maximum atomic E-state index is 12.6. The molecule has 2 fully saturated rings. The molecule has 0 unspecified atom stereocenters. The Bertz CT molecular complexity index is 439. The van der Waals surface area contributed by atoms with E-state index in [9.17, 15) is 14.4 Å². The van der Waals surface area contributed by atoms with Crippen LogP contribution in [0.15, 0.2) is 11.6 Å². The van der Waals surface area contributed by atoms with E-state index in [4.69, 9.17) is 11.6 Å². The van der Waals surface area contributed by atoms with E-state index in [1.165, 1.54) is 0 Å². The largest absolute Gasteiger partial charge is 0.331 e. The van der Waals surface area contributed by atoms with Gasteiger partial charge in [0.05, 0.1) is 6.54 Å². The summed E-state index contributed by atoms with van der Waals surface area (Å²) in [5.74, 6) is -0.884. The van der Waals surface area contributed by atoms with E-state index in [0.29, 0.717) is 12.8 Å². The summed E-state index contributed by atoms with van der Waals surface area (Å²) in [6.45, 7) is 3.44. The minimum Gasteiger partial charge on any atom is -0.277 e. The second-order valence-corrected chi connectivity index (χ2v) is 5.70. The van der Waals surface area contributed by atoms with Crippen LogP contribution in [-0.4, -0.2) is 29.3 Å². The number of carbonyl (C=O) groups excluding carboxylic acids is 3. The third-order valence-corrected chi connectivity index (χ3v) is 3.96. The van der Waals surface area contributed by atoms with Crippen LogP contribution in [0.2, 0.25) is 0 Å². The number of halogens is 1. The predicted octanol–water partition coefficient (Wildman–Crippen LogP) is 2.16. The Kier molecular flexibility index (Phi) is 3.94. The van der Waals surface area contributed by atoms with Crippen molar-refractivity contribution in [2.45, 2.75) is 38.5 Å². The molecule has 2 aliphatic rings. The van der Waals surface area contributed by atoms with Gasteiger partial charge in [-0.05, 0) is 12.8 Å². The van der Waals surface area contributed by atoms with E-state index in [0.717, 1.165) is 30.6 Å². The van der Waals surface area contributed by atoms with Gasteiger partial charge < -0.3 is 0 Å². The molecule has 2 rings (SSSR count). The molecule has 5 nitrogen and oxygen atoms in total. The van der Waals surface area contributed by atoms with Gasteiger partial charge in [0, 0.05) is 5.03 Å². The minimum atomic E-state index is -1.09. The van der Waals surface area contributed by atoms with Crippen molar-refractivity contribution in [2.24, 2.45) is 5.41 Å². The molecule has 6 heteroatoms. The van der Waals surface area contributed by atoms with Gasteiger partial charge in [-0.3, -0.25) is 19.8 Å². The van der Waals surface area contributed by atoms with Crippen molar-refractivity contribution in [1.29, 1.82) is 0 Å². The summed E-state index contributed by atoms with van der Waals surface area (Å²) in [5, 5.41) is 2.48. The van der Waals surface area contributed by atoms with E-state index in [1.54, 1.807) is 0 Å². The van der Waals surface area contributed by atoms with Crippen LogP contribution in [0, 0.1) is 5.41 Å². The topological polar surface area (TPSA) is 66.5 Å². The standard InChI is InChI=1S/C13H17ClN2O3/c1-9(14)8-16-11(18)13(10(17)15-12(16)19)6-4-2-3-5-7-13/h1-8H2,(H,15,17,19). The van der Waals surface area contributed by atoms with Crippen LogP contribution in [-0.2, 0) is 9.59 Å². The highest BCUT2D eigenvalue weighted by molar-refractivity contribution is 6.30. The molecule has 1 saturated carbocycles. The Morgan fingerprint density at radius 2 is 1.79 bits per heavy atom. The second kappa shape index (κ2) is 5.33. The summed E-state index contributed by atoms with van der Waals surface area (Å²) in [4.78, 5) is 37.4. The minimum absolute atomic E-state index is 0.0543. The fourth-order valence-electron chi connectivity index (χ4n) is 2.82. The number of nitrogens with one attached hydrogen (secondary N) is 1. The molecular formula is C13H17ClN2O3. The number of hydrogen-bond acceptors (Lipinski definition) is 3. The van der Waals surface area contributed by atoms with Crippen LogP contribution in [0.4, 0.5) is 4.79 Å². The first-order valence-corrected chi connectivity index (χ1v) is 6.86. The zero-order chi connectivity index (χ0) is 14.0. The van der Waals surface area contributed by atoms with E-state index < -0.39 is 23.3 Å². The van der Waals surface area contributed by atoms with Crippen LogP contribution in [0.25, 0.3) is 0 Å². The van der Waals surface area contributed by atoms with Gasteiger partial charge in [0.15, 0.2) is 0 Å². The molecule has 4 amide bonds. The van der Waals surface area contributed by atoms with Crippen LogP contribution in [0.5, 0.6) is 0 Å². The van der Waals surface area contributed by atoms with Crippen molar-refractivity contribution < 1.29 is 14.4 Å². The lowest BCUT2D eigenvalue weighted by Crippen LogP contribution is -2.63. The molecule has 0 atom stereocenters. The number of nitrogens with zero attached hydrogens (tertiary/aromatic N) is 1. The number of urea groups is 1. The molecule has 0 aromatic carbocycles. The Balaban J connectivity index is 2.31. The summed E-state index contributed by atoms with van der Waals surface area (Å²) in [6, 6.07) is -0.702. The highest BCUT2D eigenvalue weighted by atomic mass is 35.5. The molecule has 0 radical (unpaired) electrons. The molecule has 0 aromatic heterocycles. The van der Waals surface area contributed by atoms with E-state index in [1.807, 2.05) is 0 Å². The highest BCUT2D eigenvalue weighted by Crippen LogP contribution is 2.39. The van der Waals surface area contributed by atoms with Gasteiger partial charge in [0.1, 0.15) is 5.41 Å². The molecule has 1 saturated heterocycles. The molecular weight excluding hydrogens is 268 g/mol. The van der Waals surface area contributed by atoms with Crippen molar-refractivity contribution >= 4 is 29.4 Å². The maximum Gasteiger partial charge on any atom is 0.331 e. The third-order valence-electron chi connectivity index (χ3n) is 3.84. The van der Waals surface area contributed by atoms with Crippen molar-refractivity contribution in [3.63, 3.8) is 0 Å². The van der Waals surface area contributed by atoms with Gasteiger partial charge in [-0.2, -0.15) is 0 Å². The molecule has 1 heterocycles. The number of hydrogen-bond donors (Lipinski definition) is 1. The third kappa shape index (κ3) is 2.52. The van der Waals surface area contributed by atoms with Crippen LogP contribution in [0.1, 0.15) is 38.5 Å². The van der Waals surface area contributed by atoms with Gasteiger partial charge in [-0.25, -0.2) is 4.79 Å². The summed E-state index contributed by atoms with van der Waals surface area (Å²) >= 11 is 5.68. The van der Waals surface area contributed by atoms with Crippen molar-refractivity contribution in [2.75, 3.05) is 6.54 Å². The number of barbiturate groups is 1. The summed E-state index contributed by atoms with van der Waals surface area (Å²) in [6.07, 6.45) is 4.66. The quantitative estimate of drug-likeness (QED) is 0.790. The Hall–Kier alpha value is -1.36. The van der Waals surface area contributed by atoms with Gasteiger partial charge in [0.2, 0.25) is 11.8 Å². The summed E-state index contributed by atoms with van der Waals surface area (Å²) in [5.41, 5.74) is -1.09. The fraction of sp³-hybridized carbons (Fsp3) is 0.615. The van der Waals surface area contributed by atoms with Crippen LogP contribution < -0.4 is 5.32 Å². The van der Waals surface area contributed by atoms with Crippen LogP contribution in [0.3, 0.4) is 0 Å². The van der Waals surface area contributed by atoms with E-state index >= 15 is 0 Å². The smallest absolute Gasteiger partial charge is 0.277 e. The number of imide groups is 2.